The van der Waals surface area contributed by atoms with Crippen molar-refractivity contribution in [2.45, 2.75) is 0 Å². The topological polar surface area (TPSA) is 133 Å². The third-order valence-corrected chi connectivity index (χ3v) is 0. The maximum absolute atomic E-state index is 6.50. The fourth-order valence-corrected chi connectivity index (χ4v) is 0. The van der Waals surface area contributed by atoms with Gasteiger partial charge in [0.05, 0.1) is 0 Å². The zero-order valence-electron chi connectivity index (χ0n) is 4.43. The summed E-state index contributed by atoms with van der Waals surface area (Å²) < 4.78 is 0. The molecular formula is Al2B2N2O3. The first-order valence-corrected chi connectivity index (χ1v) is 0.516. The van der Waals surface area contributed by atoms with E-state index in [1.807, 2.05) is 0 Å². The summed E-state index contributed by atoms with van der Waals surface area (Å²) >= 11 is 0. The zero-order valence-corrected chi connectivity index (χ0v) is 6.74. The van der Waals surface area contributed by atoms with Crippen molar-refractivity contribution in [3.63, 3.8) is 0 Å². The third-order valence-electron chi connectivity index (χ3n) is 0. The second kappa shape index (κ2) is 1950. The molecule has 0 aromatic heterocycles. The largest absolute Gasteiger partial charge is 3.00 e. The van der Waals surface area contributed by atoms with E-state index in [2.05, 4.69) is 15.0 Å². The van der Waals surface area contributed by atoms with Crippen LogP contribution in [0.2, 0.25) is 0 Å². The molecule has 0 N–H and O–H groups in total. The van der Waals surface area contributed by atoms with Crippen molar-refractivity contribution in [3.05, 3.63) is 0 Å². The van der Waals surface area contributed by atoms with E-state index in [1.165, 1.54) is 0 Å². The van der Waals surface area contributed by atoms with Gasteiger partial charge < -0.3 is 16.4 Å². The number of hydrogen-bond donors (Lipinski definition) is 0. The Morgan fingerprint density at radius 3 is 0.556 bits per heavy atom. The molecule has 0 unspecified atom stereocenters. The van der Waals surface area contributed by atoms with Crippen LogP contribution in [0.5, 0.6) is 0 Å². The van der Waals surface area contributed by atoms with Crippen molar-refractivity contribution < 1.29 is 16.4 Å². The van der Waals surface area contributed by atoms with Crippen molar-refractivity contribution >= 4 is 49.7 Å². The molecule has 0 aromatic carbocycles. The van der Waals surface area contributed by atoms with Gasteiger partial charge >= 0.3 is 60.0 Å². The van der Waals surface area contributed by atoms with Crippen LogP contribution in [-0.2, 0) is 16.4 Å². The van der Waals surface area contributed by atoms with Gasteiger partial charge in [-0.2, -0.15) is 0 Å². The first-order chi connectivity index (χ1) is 2.00. The van der Waals surface area contributed by atoms with Crippen molar-refractivity contribution in [2.24, 2.45) is 0 Å². The fraction of sp³-hybridized carbons (Fsp3) is 0. The van der Waals surface area contributed by atoms with Crippen molar-refractivity contribution in [1.82, 2.24) is 0 Å². The van der Waals surface area contributed by atoms with Crippen molar-refractivity contribution in [1.29, 1.82) is 10.3 Å². The number of rotatable bonds is 0. The number of nitrogens with zero attached hydrogens (tertiary/aromatic N) is 2. The molecule has 0 heterocycles. The molecule has 0 aliphatic rings. The Morgan fingerprint density at radius 2 is 0.556 bits per heavy atom. The minimum atomic E-state index is 0. The molecule has 0 saturated carbocycles. The van der Waals surface area contributed by atoms with Crippen LogP contribution in [0, 0.1) is 10.3 Å². The van der Waals surface area contributed by atoms with Gasteiger partial charge in [0.15, 0.2) is 0 Å². The molecule has 0 amide bonds. The van der Waals surface area contributed by atoms with Crippen LogP contribution in [-0.4, -0.2) is 49.7 Å². The molecule has 0 spiro atoms. The summed E-state index contributed by atoms with van der Waals surface area (Å²) in [6.07, 6.45) is 0. The summed E-state index contributed by atoms with van der Waals surface area (Å²) in [4.78, 5) is 0. The summed E-state index contributed by atoms with van der Waals surface area (Å²) in [7, 11) is 7.00. The van der Waals surface area contributed by atoms with Gasteiger partial charge in [0.2, 0.25) is 0 Å². The molecule has 9 heteroatoms. The zero-order chi connectivity index (χ0) is 4.00. The Hall–Kier alpha value is 0.495. The van der Waals surface area contributed by atoms with Crippen LogP contribution in [0.4, 0.5) is 0 Å². The Kier molecular flexibility index (Phi) is 23800. The van der Waals surface area contributed by atoms with Crippen LogP contribution in [0.25, 0.3) is 0 Å². The van der Waals surface area contributed by atoms with E-state index in [4.69, 9.17) is 10.3 Å². The first kappa shape index (κ1) is 110. The molecular weight excluding hydrogens is 152 g/mol. The predicted molar refractivity (Wildman–Crippen MR) is 28.5 cm³/mol. The van der Waals surface area contributed by atoms with Gasteiger partial charge in [0, 0.05) is 0 Å². The van der Waals surface area contributed by atoms with Gasteiger partial charge in [-0.1, -0.05) is 0 Å². The quantitative estimate of drug-likeness (QED) is 0.376. The monoisotopic (exact) mass is 152 g/mol. The summed E-state index contributed by atoms with van der Waals surface area (Å²) in [6.45, 7) is 0. The fourth-order valence-electron chi connectivity index (χ4n) is 0. The van der Waals surface area contributed by atoms with Crippen LogP contribution in [0.15, 0.2) is 0 Å². The molecule has 9 heavy (non-hydrogen) atoms. The van der Waals surface area contributed by atoms with Crippen molar-refractivity contribution in [2.75, 3.05) is 0 Å². The second-order valence-corrected chi connectivity index (χ2v) is 0. The first-order valence-electron chi connectivity index (χ1n) is 0.516. The summed E-state index contributed by atoms with van der Waals surface area (Å²) in [6, 6.07) is 0. The summed E-state index contributed by atoms with van der Waals surface area (Å²) in [5.41, 5.74) is 0. The van der Waals surface area contributed by atoms with E-state index < -0.39 is 0 Å². The average molecular weight is 152 g/mol. The standard InChI is InChI=1S/2Al.2BN.3O/c;;2*1-2;;;/q2*+3;;;3*-2. The van der Waals surface area contributed by atoms with Gasteiger partial charge in [0.1, 0.15) is 0 Å². The van der Waals surface area contributed by atoms with Crippen LogP contribution in [0.1, 0.15) is 0 Å². The molecule has 5 nitrogen and oxygen atoms in total. The smallest absolute Gasteiger partial charge is 2.00 e. The molecule has 0 bridgehead atoms. The maximum Gasteiger partial charge on any atom is 3.00 e. The van der Waals surface area contributed by atoms with Gasteiger partial charge in [-0.15, -0.1) is 0 Å². The van der Waals surface area contributed by atoms with E-state index in [9.17, 15) is 0 Å². The van der Waals surface area contributed by atoms with Gasteiger partial charge in [-0.05, 0) is 0 Å². The van der Waals surface area contributed by atoms with E-state index >= 15 is 0 Å². The van der Waals surface area contributed by atoms with Crippen LogP contribution >= 0.6 is 0 Å². The molecule has 0 radical (unpaired) electrons. The van der Waals surface area contributed by atoms with Crippen LogP contribution < -0.4 is 0 Å². The third kappa shape index (κ3) is 1460. The van der Waals surface area contributed by atoms with E-state index in [1.54, 1.807) is 0 Å². The average Bonchev–Trinajstić information content (AvgIpc) is 1.50. The van der Waals surface area contributed by atoms with Gasteiger partial charge in [-0.3, -0.25) is 0 Å². The molecule has 0 aliphatic heterocycles. The Labute approximate surface area is 76.6 Å². The molecule has 0 saturated heterocycles. The van der Waals surface area contributed by atoms with Crippen LogP contribution in [0.3, 0.4) is 0 Å². The van der Waals surface area contributed by atoms with E-state index in [0.717, 1.165) is 0 Å². The molecule has 0 aromatic rings. The minimum Gasteiger partial charge on any atom is -2.00 e. The summed E-state index contributed by atoms with van der Waals surface area (Å²) in [5.74, 6) is 0. The predicted octanol–water partition coefficient (Wildman–Crippen LogP) is -1.85. The Morgan fingerprint density at radius 1 is 0.556 bits per heavy atom. The van der Waals surface area contributed by atoms with Gasteiger partial charge in [0.25, 0.3) is 0 Å². The number of hydrogen-bond acceptors (Lipinski definition) is 2. The molecule has 0 rings (SSSR count). The molecule has 0 aliphatic carbocycles. The molecule has 0 atom stereocenters. The maximum atomic E-state index is 6.50. The van der Waals surface area contributed by atoms with Gasteiger partial charge in [-0.25, -0.2) is 0 Å². The molecule has 40 valence electrons. The van der Waals surface area contributed by atoms with E-state index in [-0.39, 0.29) is 51.2 Å². The van der Waals surface area contributed by atoms with Crippen molar-refractivity contribution in [3.8, 4) is 0 Å². The normalized spacial score (nSPS) is 1.11. The Bertz CT molecular complexity index is 33.3. The second-order valence-electron chi connectivity index (χ2n) is 0. The van der Waals surface area contributed by atoms with E-state index in [0.29, 0.717) is 0 Å². The Balaban J connectivity index is -0.00000000114. The molecule has 0 fully saturated rings. The SMILES string of the molecule is B#N.B#N.[Al+3].[Al+3].[O-2].[O-2].[O-2]. The summed E-state index contributed by atoms with van der Waals surface area (Å²) in [5, 5.41) is 13.0. The minimum absolute atomic E-state index is 0.